The van der Waals surface area contributed by atoms with Crippen molar-refractivity contribution in [3.8, 4) is 0 Å². The molecule has 0 unspecified atom stereocenters. The van der Waals surface area contributed by atoms with Crippen LogP contribution in [0.2, 0.25) is 19.6 Å². The molecular formula is C17H32BIO2Si. The Kier molecular flexibility index (Phi) is 7.43. The Labute approximate surface area is 152 Å². The minimum atomic E-state index is -1.16. The Bertz CT molecular complexity index is 409. The summed E-state index contributed by atoms with van der Waals surface area (Å²) in [6.45, 7) is 15.6. The molecule has 0 aliphatic carbocycles. The molecule has 0 bridgehead atoms. The first-order chi connectivity index (χ1) is 9.97. The van der Waals surface area contributed by atoms with E-state index in [0.717, 1.165) is 6.42 Å². The quantitative estimate of drug-likeness (QED) is 0.296. The Morgan fingerprint density at radius 2 is 1.64 bits per heavy atom. The van der Waals surface area contributed by atoms with Crippen molar-refractivity contribution in [2.24, 2.45) is 0 Å². The van der Waals surface area contributed by atoms with Crippen LogP contribution in [0.3, 0.4) is 0 Å². The largest absolute Gasteiger partial charge is 0.486 e. The Morgan fingerprint density at radius 3 is 2.09 bits per heavy atom. The molecule has 126 valence electrons. The highest BCUT2D eigenvalue weighted by Gasteiger charge is 2.49. The lowest BCUT2D eigenvalue weighted by atomic mass is 9.89. The minimum absolute atomic E-state index is 0.220. The van der Waals surface area contributed by atoms with E-state index in [4.69, 9.17) is 9.31 Å². The maximum absolute atomic E-state index is 6.01. The van der Waals surface area contributed by atoms with E-state index in [-0.39, 0.29) is 18.3 Å². The van der Waals surface area contributed by atoms with Gasteiger partial charge in [-0.3, -0.25) is 0 Å². The van der Waals surface area contributed by atoms with Crippen LogP contribution in [-0.4, -0.2) is 30.8 Å². The maximum atomic E-state index is 6.01. The van der Waals surface area contributed by atoms with Crippen molar-refractivity contribution in [1.29, 1.82) is 0 Å². The van der Waals surface area contributed by atoms with Crippen LogP contribution >= 0.6 is 22.6 Å². The molecule has 1 fully saturated rings. The van der Waals surface area contributed by atoms with E-state index in [1.165, 1.54) is 17.3 Å². The average molecular weight is 434 g/mol. The summed E-state index contributed by atoms with van der Waals surface area (Å²) in [4.78, 5) is 0. The molecule has 0 aromatic carbocycles. The molecule has 0 amide bonds. The third kappa shape index (κ3) is 6.50. The first kappa shape index (κ1) is 20.5. The summed E-state index contributed by atoms with van der Waals surface area (Å²) >= 11 is 2.46. The van der Waals surface area contributed by atoms with Gasteiger partial charge in [-0.1, -0.05) is 65.6 Å². The van der Waals surface area contributed by atoms with Crippen LogP contribution in [0.1, 0.15) is 47.0 Å². The zero-order chi connectivity index (χ0) is 17.0. The predicted molar refractivity (Wildman–Crippen MR) is 109 cm³/mol. The summed E-state index contributed by atoms with van der Waals surface area (Å²) in [5.41, 5.74) is 3.62. The van der Waals surface area contributed by atoms with Gasteiger partial charge in [-0.15, -0.1) is 0 Å². The smallest absolute Gasteiger partial charge is 0.400 e. The van der Waals surface area contributed by atoms with Crippen LogP contribution in [-0.2, 0) is 9.31 Å². The van der Waals surface area contributed by atoms with Crippen LogP contribution in [0.4, 0.5) is 0 Å². The van der Waals surface area contributed by atoms with Crippen LogP contribution < -0.4 is 0 Å². The molecular weight excluding hydrogens is 402 g/mol. The fraction of sp³-hybridized carbons (Fsp3) is 0.765. The summed E-state index contributed by atoms with van der Waals surface area (Å²) in [6.07, 6.45) is 5.72. The molecule has 1 heterocycles. The fourth-order valence-corrected chi connectivity index (χ4v) is 4.31. The van der Waals surface area contributed by atoms with Gasteiger partial charge < -0.3 is 9.31 Å². The highest BCUT2D eigenvalue weighted by molar-refractivity contribution is 14.1. The van der Waals surface area contributed by atoms with Gasteiger partial charge in [0.15, 0.2) is 0 Å². The van der Waals surface area contributed by atoms with E-state index in [9.17, 15) is 0 Å². The molecule has 1 saturated heterocycles. The molecule has 1 aliphatic rings. The lowest BCUT2D eigenvalue weighted by Crippen LogP contribution is -2.41. The lowest BCUT2D eigenvalue weighted by Gasteiger charge is -2.32. The van der Waals surface area contributed by atoms with E-state index < -0.39 is 8.07 Å². The zero-order valence-electron chi connectivity index (χ0n) is 15.3. The molecule has 0 N–H and O–H groups in total. The Morgan fingerprint density at radius 1 is 1.09 bits per heavy atom. The molecule has 0 radical (unpaired) electrons. The molecule has 0 atom stereocenters. The van der Waals surface area contributed by atoms with Gasteiger partial charge in [0.2, 0.25) is 0 Å². The van der Waals surface area contributed by atoms with Gasteiger partial charge >= 0.3 is 7.12 Å². The van der Waals surface area contributed by atoms with Gasteiger partial charge in [0, 0.05) is 0 Å². The molecule has 2 nitrogen and oxygen atoms in total. The number of alkyl halides is 1. The standard InChI is InChI=1S/C17H32BIO2Si/c1-16(2)17(3,4)21-18(20-16)12-8-10-15(11-9-13-19)14-22(5,6)7/h8,12,14H,9-11,13H2,1-7H3/b12-8+,15-14+. The molecule has 5 heteroatoms. The summed E-state index contributed by atoms with van der Waals surface area (Å²) in [5.74, 6) is 2.08. The number of hydrogen-bond donors (Lipinski definition) is 0. The lowest BCUT2D eigenvalue weighted by molar-refractivity contribution is 0.00578. The van der Waals surface area contributed by atoms with Gasteiger partial charge in [0.05, 0.1) is 19.3 Å². The first-order valence-corrected chi connectivity index (χ1v) is 13.4. The average Bonchev–Trinajstić information content (AvgIpc) is 2.52. The third-order valence-corrected chi connectivity index (χ3v) is 6.25. The van der Waals surface area contributed by atoms with E-state index in [1.807, 2.05) is 0 Å². The van der Waals surface area contributed by atoms with Crippen LogP contribution in [0.5, 0.6) is 0 Å². The number of rotatable bonds is 7. The molecule has 0 saturated carbocycles. The number of allylic oxidation sites excluding steroid dienone is 2. The molecule has 1 rings (SSSR count). The summed E-state index contributed by atoms with van der Waals surface area (Å²) in [5, 5.41) is 0. The zero-order valence-corrected chi connectivity index (χ0v) is 18.5. The highest BCUT2D eigenvalue weighted by atomic mass is 127. The molecule has 0 spiro atoms. The van der Waals surface area contributed by atoms with Gasteiger partial charge in [-0.25, -0.2) is 0 Å². The van der Waals surface area contributed by atoms with Gasteiger partial charge in [0.1, 0.15) is 0 Å². The van der Waals surface area contributed by atoms with Crippen LogP contribution in [0.25, 0.3) is 0 Å². The van der Waals surface area contributed by atoms with Crippen molar-refractivity contribution >= 4 is 37.8 Å². The maximum Gasteiger partial charge on any atom is 0.486 e. The van der Waals surface area contributed by atoms with Gasteiger partial charge in [-0.2, -0.15) is 0 Å². The topological polar surface area (TPSA) is 18.5 Å². The Hall–Kier alpha value is 0.412. The second kappa shape index (κ2) is 7.99. The Balaban J connectivity index is 2.64. The number of halogens is 1. The van der Waals surface area contributed by atoms with Crippen LogP contribution in [0, 0.1) is 0 Å². The van der Waals surface area contributed by atoms with Crippen molar-refractivity contribution < 1.29 is 9.31 Å². The monoisotopic (exact) mass is 434 g/mol. The van der Waals surface area contributed by atoms with Crippen molar-refractivity contribution in [3.63, 3.8) is 0 Å². The molecule has 0 aromatic rings. The van der Waals surface area contributed by atoms with Crippen molar-refractivity contribution in [1.82, 2.24) is 0 Å². The van der Waals surface area contributed by atoms with Crippen molar-refractivity contribution in [2.45, 2.75) is 77.8 Å². The van der Waals surface area contributed by atoms with E-state index in [2.05, 4.69) is 87.7 Å². The van der Waals surface area contributed by atoms with E-state index >= 15 is 0 Å². The van der Waals surface area contributed by atoms with Gasteiger partial charge in [-0.05, 0) is 51.4 Å². The van der Waals surface area contributed by atoms with Gasteiger partial charge in [0.25, 0.3) is 0 Å². The molecule has 22 heavy (non-hydrogen) atoms. The summed E-state index contributed by atoms with van der Waals surface area (Å²) < 4.78 is 13.2. The fourth-order valence-electron chi connectivity index (χ4n) is 2.44. The van der Waals surface area contributed by atoms with Crippen molar-refractivity contribution in [3.05, 3.63) is 23.3 Å². The second-order valence-corrected chi connectivity index (χ2v) is 14.3. The summed E-state index contributed by atoms with van der Waals surface area (Å²) in [6, 6.07) is 0. The van der Waals surface area contributed by atoms with E-state index in [1.54, 1.807) is 5.57 Å². The SMILES string of the molecule is CC1(C)OB(/C=C/C/C(=C\[Si](C)(C)C)CCCI)OC1(C)C. The van der Waals surface area contributed by atoms with Crippen molar-refractivity contribution in [2.75, 3.05) is 4.43 Å². The first-order valence-electron chi connectivity index (χ1n) is 8.26. The minimum Gasteiger partial charge on any atom is -0.400 e. The molecule has 1 aliphatic heterocycles. The van der Waals surface area contributed by atoms with Crippen LogP contribution in [0.15, 0.2) is 23.3 Å². The summed E-state index contributed by atoms with van der Waals surface area (Å²) in [7, 11) is -1.38. The second-order valence-electron chi connectivity index (χ2n) is 8.22. The predicted octanol–water partition coefficient (Wildman–Crippen LogP) is 5.58. The third-order valence-electron chi connectivity index (χ3n) is 4.21. The molecule has 0 aromatic heterocycles. The van der Waals surface area contributed by atoms with E-state index in [0.29, 0.717) is 0 Å². The highest BCUT2D eigenvalue weighted by Crippen LogP contribution is 2.36. The normalized spacial score (nSPS) is 21.8. The number of hydrogen-bond acceptors (Lipinski definition) is 2.